The van der Waals surface area contributed by atoms with E-state index >= 15 is 0 Å². The summed E-state index contributed by atoms with van der Waals surface area (Å²) in [4.78, 5) is 19.2. The Hall–Kier alpha value is -4.39. The van der Waals surface area contributed by atoms with E-state index < -0.39 is 0 Å². The number of aromatic nitrogens is 1. The monoisotopic (exact) mass is 466 g/mol. The van der Waals surface area contributed by atoms with Crippen molar-refractivity contribution in [3.63, 3.8) is 0 Å². The molecular weight excluding hydrogens is 440 g/mol. The highest BCUT2D eigenvalue weighted by Crippen LogP contribution is 2.37. The van der Waals surface area contributed by atoms with Crippen LogP contribution in [0.25, 0.3) is 22.5 Å². The first kappa shape index (κ1) is 22.4. The molecule has 0 bridgehead atoms. The molecule has 1 aliphatic carbocycles. The first-order valence-corrected chi connectivity index (χ1v) is 11.5. The minimum absolute atomic E-state index is 0.245. The predicted octanol–water partition coefficient (Wildman–Crippen LogP) is 5.13. The van der Waals surface area contributed by atoms with Crippen molar-refractivity contribution in [1.29, 1.82) is 0 Å². The maximum absolute atomic E-state index is 13.0. The molecule has 0 atom stereocenters. The summed E-state index contributed by atoms with van der Waals surface area (Å²) < 4.78 is 6.15. The third kappa shape index (κ3) is 4.53. The van der Waals surface area contributed by atoms with Gasteiger partial charge in [-0.2, -0.15) is 0 Å². The van der Waals surface area contributed by atoms with Gasteiger partial charge in [-0.1, -0.05) is 29.4 Å². The van der Waals surface area contributed by atoms with Crippen LogP contribution in [0.5, 0.6) is 0 Å². The first-order chi connectivity index (χ1) is 17.0. The number of carbonyl (C=O) groups excluding carboxylic acids is 1. The normalized spacial score (nSPS) is 13.6. The van der Waals surface area contributed by atoms with Gasteiger partial charge in [0.2, 0.25) is 0 Å². The Morgan fingerprint density at radius 2 is 1.77 bits per heavy atom. The topological polar surface area (TPSA) is 91.0 Å². The Labute approximate surface area is 203 Å². The van der Waals surface area contributed by atoms with Gasteiger partial charge in [-0.05, 0) is 65.9 Å². The molecular formula is C28H26N4O3. The van der Waals surface area contributed by atoms with E-state index in [0.717, 1.165) is 45.5 Å². The maximum atomic E-state index is 13.0. The van der Waals surface area contributed by atoms with Crippen LogP contribution in [0.15, 0.2) is 82.6 Å². The number of aryl methyl sites for hydroxylation is 1. The Morgan fingerprint density at radius 1 is 1.00 bits per heavy atom. The smallest absolute Gasteiger partial charge is 0.287 e. The van der Waals surface area contributed by atoms with Crippen LogP contribution in [0.4, 0.5) is 5.69 Å². The molecule has 176 valence electrons. The van der Waals surface area contributed by atoms with Crippen LogP contribution in [0.2, 0.25) is 0 Å². The van der Waals surface area contributed by atoms with Gasteiger partial charge >= 0.3 is 0 Å². The largest absolute Gasteiger partial charge is 0.450 e. The lowest BCUT2D eigenvalue weighted by atomic mass is 9.99. The average Bonchev–Trinajstić information content (AvgIpc) is 3.52. The molecule has 0 fully saturated rings. The number of hydrogen-bond donors (Lipinski definition) is 2. The average molecular weight is 467 g/mol. The van der Waals surface area contributed by atoms with Crippen molar-refractivity contribution in [2.75, 3.05) is 19.0 Å². The lowest BCUT2D eigenvalue weighted by Gasteiger charge is -2.12. The molecule has 1 aliphatic rings. The molecule has 5 rings (SSSR count). The Kier molecular flexibility index (Phi) is 6.06. The molecule has 0 saturated carbocycles. The highest BCUT2D eigenvalue weighted by Gasteiger charge is 2.23. The minimum atomic E-state index is -0.279. The molecule has 0 aliphatic heterocycles. The van der Waals surface area contributed by atoms with Crippen molar-refractivity contribution in [2.24, 2.45) is 5.16 Å². The highest BCUT2D eigenvalue weighted by atomic mass is 16.4. The van der Waals surface area contributed by atoms with Gasteiger partial charge in [0, 0.05) is 55.4 Å². The van der Waals surface area contributed by atoms with Gasteiger partial charge in [-0.25, -0.2) is 0 Å². The van der Waals surface area contributed by atoms with Crippen molar-refractivity contribution in [3.05, 3.63) is 95.5 Å². The number of amides is 1. The van der Waals surface area contributed by atoms with Crippen LogP contribution in [0, 0.1) is 0 Å². The summed E-state index contributed by atoms with van der Waals surface area (Å²) in [5, 5.41) is 15.6. The molecule has 7 heteroatoms. The van der Waals surface area contributed by atoms with E-state index in [1.54, 1.807) is 18.5 Å². The SMILES string of the molecule is CN(C)c1ccc(CNC(=O)c2cc(-c3ccncc3)c(-c3ccc4c(c3)CCC4=NO)o2)cc1. The third-order valence-corrected chi connectivity index (χ3v) is 6.28. The molecule has 2 aromatic carbocycles. The number of rotatable bonds is 6. The molecule has 0 spiro atoms. The van der Waals surface area contributed by atoms with Crippen molar-refractivity contribution < 1.29 is 14.4 Å². The number of furan rings is 1. The lowest BCUT2D eigenvalue weighted by molar-refractivity contribution is 0.0924. The van der Waals surface area contributed by atoms with E-state index in [0.29, 0.717) is 24.4 Å². The molecule has 4 aromatic rings. The number of carbonyl (C=O) groups is 1. The maximum Gasteiger partial charge on any atom is 0.287 e. The Balaban J connectivity index is 1.44. The second-order valence-corrected chi connectivity index (χ2v) is 8.75. The van der Waals surface area contributed by atoms with Gasteiger partial charge in [0.15, 0.2) is 5.76 Å². The van der Waals surface area contributed by atoms with E-state index in [-0.39, 0.29) is 11.7 Å². The fraction of sp³-hybridized carbons (Fsp3) is 0.179. The molecule has 7 nitrogen and oxygen atoms in total. The minimum Gasteiger partial charge on any atom is -0.450 e. The molecule has 1 amide bonds. The van der Waals surface area contributed by atoms with Crippen LogP contribution < -0.4 is 10.2 Å². The summed E-state index contributed by atoms with van der Waals surface area (Å²) >= 11 is 0. The van der Waals surface area contributed by atoms with E-state index in [1.165, 1.54) is 0 Å². The van der Waals surface area contributed by atoms with Gasteiger partial charge in [-0.15, -0.1) is 0 Å². The van der Waals surface area contributed by atoms with Crippen LogP contribution in [0.1, 0.15) is 33.7 Å². The van der Waals surface area contributed by atoms with Crippen LogP contribution in [-0.2, 0) is 13.0 Å². The Morgan fingerprint density at radius 3 is 2.49 bits per heavy atom. The van der Waals surface area contributed by atoms with Crippen molar-refractivity contribution in [3.8, 4) is 22.5 Å². The number of nitrogens with one attached hydrogen (secondary N) is 1. The number of nitrogens with zero attached hydrogens (tertiary/aromatic N) is 3. The van der Waals surface area contributed by atoms with Gasteiger partial charge in [-0.3, -0.25) is 9.78 Å². The molecule has 2 N–H and O–H groups in total. The Bertz CT molecular complexity index is 1390. The van der Waals surface area contributed by atoms with Crippen LogP contribution in [-0.4, -0.2) is 35.9 Å². The van der Waals surface area contributed by atoms with Crippen molar-refractivity contribution in [1.82, 2.24) is 10.3 Å². The zero-order valence-electron chi connectivity index (χ0n) is 19.7. The van der Waals surface area contributed by atoms with Crippen LogP contribution >= 0.6 is 0 Å². The molecule has 35 heavy (non-hydrogen) atoms. The number of anilines is 1. The summed E-state index contributed by atoms with van der Waals surface area (Å²) in [5.41, 5.74) is 7.45. The molecule has 0 saturated heterocycles. The standard InChI is InChI=1S/C28H26N4O3/c1-32(2)22-7-3-18(4-8-22)17-30-28(33)26-16-24(19-11-13-29-14-12-19)27(35-26)21-5-9-23-20(15-21)6-10-25(23)31-34/h3-5,7-9,11-16,34H,6,10,17H2,1-2H3,(H,30,33). The van der Waals surface area contributed by atoms with E-state index in [1.807, 2.05) is 73.6 Å². The predicted molar refractivity (Wildman–Crippen MR) is 136 cm³/mol. The molecule has 0 radical (unpaired) electrons. The number of benzene rings is 2. The van der Waals surface area contributed by atoms with Gasteiger partial charge < -0.3 is 19.8 Å². The number of pyridine rings is 1. The van der Waals surface area contributed by atoms with Crippen molar-refractivity contribution in [2.45, 2.75) is 19.4 Å². The third-order valence-electron chi connectivity index (χ3n) is 6.28. The zero-order chi connectivity index (χ0) is 24.4. The second kappa shape index (κ2) is 9.46. The summed E-state index contributed by atoms with van der Waals surface area (Å²) in [5.74, 6) is 0.586. The summed E-state index contributed by atoms with van der Waals surface area (Å²) in [6, 6.07) is 19.5. The lowest BCUT2D eigenvalue weighted by Crippen LogP contribution is -2.22. The molecule has 2 heterocycles. The van der Waals surface area contributed by atoms with Gasteiger partial charge in [0.05, 0.1) is 5.71 Å². The number of oxime groups is 1. The van der Waals surface area contributed by atoms with E-state index in [4.69, 9.17) is 4.42 Å². The second-order valence-electron chi connectivity index (χ2n) is 8.75. The summed E-state index contributed by atoms with van der Waals surface area (Å²) in [6.45, 7) is 0.398. The molecule has 2 aromatic heterocycles. The van der Waals surface area contributed by atoms with Crippen molar-refractivity contribution >= 4 is 17.3 Å². The number of fused-ring (bicyclic) bond motifs is 1. The van der Waals surface area contributed by atoms with Gasteiger partial charge in [0.25, 0.3) is 5.91 Å². The summed E-state index contributed by atoms with van der Waals surface area (Å²) in [7, 11) is 3.98. The summed E-state index contributed by atoms with van der Waals surface area (Å²) in [6.07, 6.45) is 4.94. The zero-order valence-corrected chi connectivity index (χ0v) is 19.7. The first-order valence-electron chi connectivity index (χ1n) is 11.5. The fourth-order valence-electron chi connectivity index (χ4n) is 4.36. The quantitative estimate of drug-likeness (QED) is 0.304. The van der Waals surface area contributed by atoms with Crippen LogP contribution in [0.3, 0.4) is 0 Å². The van der Waals surface area contributed by atoms with Gasteiger partial charge in [0.1, 0.15) is 5.76 Å². The highest BCUT2D eigenvalue weighted by molar-refractivity contribution is 6.04. The molecule has 0 unspecified atom stereocenters. The fourth-order valence-corrected chi connectivity index (χ4v) is 4.36. The number of hydrogen-bond acceptors (Lipinski definition) is 6. The van der Waals surface area contributed by atoms with E-state index in [9.17, 15) is 10.0 Å². The van der Waals surface area contributed by atoms with E-state index in [2.05, 4.69) is 15.5 Å².